The number of alkyl halides is 3. The van der Waals surface area contributed by atoms with Crippen molar-refractivity contribution >= 4 is 11.9 Å². The maximum atomic E-state index is 12.6. The fraction of sp³-hybridized carbons (Fsp3) is 0.267. The van der Waals surface area contributed by atoms with E-state index in [2.05, 4.69) is 4.74 Å². The lowest BCUT2D eigenvalue weighted by atomic mass is 10.3. The molecule has 0 fully saturated rings. The van der Waals surface area contributed by atoms with E-state index in [1.165, 1.54) is 12.1 Å². The van der Waals surface area contributed by atoms with Crippen molar-refractivity contribution in [2.24, 2.45) is 0 Å². The van der Waals surface area contributed by atoms with Crippen LogP contribution in [0.5, 0.6) is 0 Å². The zero-order valence-electron chi connectivity index (χ0n) is 12.8. The maximum absolute atomic E-state index is 12.6. The van der Waals surface area contributed by atoms with E-state index < -0.39 is 35.8 Å². The Morgan fingerprint density at radius 1 is 1.20 bits per heavy atom. The van der Waals surface area contributed by atoms with Crippen LogP contribution in [0.3, 0.4) is 0 Å². The van der Waals surface area contributed by atoms with Crippen LogP contribution in [0, 0.1) is 0 Å². The van der Waals surface area contributed by atoms with Crippen molar-refractivity contribution in [3.8, 4) is 0 Å². The Kier molecular flexibility index (Phi) is 5.30. The molecule has 2 rings (SSSR count). The van der Waals surface area contributed by atoms with Crippen molar-refractivity contribution in [3.05, 3.63) is 57.9 Å². The molecule has 25 heavy (non-hydrogen) atoms. The van der Waals surface area contributed by atoms with Gasteiger partial charge in [0.05, 0.1) is 12.7 Å². The van der Waals surface area contributed by atoms with Gasteiger partial charge in [0.2, 0.25) is 5.76 Å². The first-order chi connectivity index (χ1) is 11.7. The zero-order chi connectivity index (χ0) is 18.6. The van der Waals surface area contributed by atoms with Crippen LogP contribution >= 0.6 is 0 Å². The lowest BCUT2D eigenvalue weighted by Crippen LogP contribution is -2.26. The van der Waals surface area contributed by atoms with Crippen LogP contribution in [0.15, 0.2) is 39.7 Å². The number of ether oxygens (including phenoxy) is 2. The number of methoxy groups -OCH3 is 1. The molecular formula is C15H12F3NO6. The first kappa shape index (κ1) is 18.3. The Labute approximate surface area is 138 Å². The predicted molar refractivity (Wildman–Crippen MR) is 75.5 cm³/mol. The van der Waals surface area contributed by atoms with Crippen LogP contribution in [-0.4, -0.2) is 23.6 Å². The molecule has 0 unspecified atom stereocenters. The summed E-state index contributed by atoms with van der Waals surface area (Å²) in [5.41, 5.74) is -1.84. The summed E-state index contributed by atoms with van der Waals surface area (Å²) in [4.78, 5) is 34.4. The normalized spacial score (nSPS) is 11.2. The lowest BCUT2D eigenvalue weighted by molar-refractivity contribution is -0.147. The summed E-state index contributed by atoms with van der Waals surface area (Å²) in [5, 5.41) is 0. The summed E-state index contributed by atoms with van der Waals surface area (Å²) in [7, 11) is 1.16. The number of furan rings is 1. The second-order valence-corrected chi connectivity index (χ2v) is 4.80. The van der Waals surface area contributed by atoms with Crippen molar-refractivity contribution < 1.29 is 36.7 Å². The minimum atomic E-state index is -4.64. The molecule has 2 heterocycles. The van der Waals surface area contributed by atoms with Gasteiger partial charge < -0.3 is 18.5 Å². The summed E-state index contributed by atoms with van der Waals surface area (Å²) in [6.07, 6.45) is -4.11. The summed E-state index contributed by atoms with van der Waals surface area (Å²) in [6.45, 7) is -1.06. The number of hydrogen-bond donors (Lipinski definition) is 0. The largest absolute Gasteiger partial charge is 0.463 e. The van der Waals surface area contributed by atoms with Crippen molar-refractivity contribution in [2.75, 3.05) is 7.11 Å². The van der Waals surface area contributed by atoms with Gasteiger partial charge in [-0.2, -0.15) is 13.2 Å². The zero-order valence-corrected chi connectivity index (χ0v) is 12.8. The Balaban J connectivity index is 2.00. The highest BCUT2D eigenvalue weighted by molar-refractivity contribution is 5.86. The summed E-state index contributed by atoms with van der Waals surface area (Å²) >= 11 is 0. The summed E-state index contributed by atoms with van der Waals surface area (Å²) in [6, 6.07) is 4.02. The first-order valence-electron chi connectivity index (χ1n) is 6.81. The average Bonchev–Trinajstić information content (AvgIpc) is 3.02. The second-order valence-electron chi connectivity index (χ2n) is 4.80. The van der Waals surface area contributed by atoms with Gasteiger partial charge in [0.15, 0.2) is 0 Å². The molecule has 0 amide bonds. The molecular weight excluding hydrogens is 347 g/mol. The summed E-state index contributed by atoms with van der Waals surface area (Å²) < 4.78 is 52.8. The minimum absolute atomic E-state index is 0.0948. The van der Waals surface area contributed by atoms with Gasteiger partial charge in [-0.05, 0) is 18.2 Å². The van der Waals surface area contributed by atoms with Gasteiger partial charge in [-0.15, -0.1) is 0 Å². The molecule has 7 nitrogen and oxygen atoms in total. The van der Waals surface area contributed by atoms with Crippen molar-refractivity contribution in [1.29, 1.82) is 0 Å². The van der Waals surface area contributed by atoms with Gasteiger partial charge in [0, 0.05) is 12.3 Å². The smallest absolute Gasteiger partial charge is 0.417 e. The van der Waals surface area contributed by atoms with E-state index in [-0.39, 0.29) is 18.1 Å². The number of carbonyl (C=O) groups excluding carboxylic acids is 2. The highest BCUT2D eigenvalue weighted by Gasteiger charge is 2.31. The average molecular weight is 359 g/mol. The molecule has 2 aromatic heterocycles. The Morgan fingerprint density at radius 2 is 1.92 bits per heavy atom. The Bertz CT molecular complexity index is 836. The quantitative estimate of drug-likeness (QED) is 0.759. The van der Waals surface area contributed by atoms with Crippen LogP contribution in [0.1, 0.15) is 21.9 Å². The van der Waals surface area contributed by atoms with Gasteiger partial charge in [-0.25, -0.2) is 4.79 Å². The lowest BCUT2D eigenvalue weighted by Gasteiger charge is -2.10. The number of nitrogens with zero attached hydrogens (tertiary/aromatic N) is 1. The van der Waals surface area contributed by atoms with Crippen LogP contribution in [-0.2, 0) is 33.6 Å². The molecule has 0 aliphatic carbocycles. The number of pyridine rings is 1. The van der Waals surface area contributed by atoms with Gasteiger partial charge >= 0.3 is 18.1 Å². The van der Waals surface area contributed by atoms with E-state index in [1.54, 1.807) is 0 Å². The van der Waals surface area contributed by atoms with E-state index >= 15 is 0 Å². The third-order valence-electron chi connectivity index (χ3n) is 3.03. The molecule has 0 N–H and O–H groups in total. The van der Waals surface area contributed by atoms with E-state index in [4.69, 9.17) is 9.15 Å². The highest BCUT2D eigenvalue weighted by atomic mass is 19.4. The van der Waals surface area contributed by atoms with E-state index in [0.29, 0.717) is 22.9 Å². The molecule has 0 atom stereocenters. The molecule has 0 bridgehead atoms. The number of carbonyl (C=O) groups is 2. The van der Waals surface area contributed by atoms with Gasteiger partial charge in [0.1, 0.15) is 18.9 Å². The molecule has 0 aliphatic rings. The standard InChI is InChI=1S/C15H12F3NO6/c1-23-14(22)11-4-3-10(25-11)8-24-13(21)7-19-6-9(15(16,17)18)2-5-12(19)20/h2-6H,7-8H2,1H3. The predicted octanol–water partition coefficient (Wildman–Crippen LogP) is 1.99. The minimum Gasteiger partial charge on any atom is -0.463 e. The number of esters is 2. The van der Waals surface area contributed by atoms with Gasteiger partial charge in [-0.1, -0.05) is 0 Å². The summed E-state index contributed by atoms with van der Waals surface area (Å²) in [5.74, 6) is -1.63. The van der Waals surface area contributed by atoms with Crippen molar-refractivity contribution in [1.82, 2.24) is 4.57 Å². The third-order valence-corrected chi connectivity index (χ3v) is 3.03. The fourth-order valence-electron chi connectivity index (χ4n) is 1.82. The van der Waals surface area contributed by atoms with Gasteiger partial charge in [-0.3, -0.25) is 9.59 Å². The Morgan fingerprint density at radius 3 is 2.56 bits per heavy atom. The number of halogens is 3. The highest BCUT2D eigenvalue weighted by Crippen LogP contribution is 2.28. The number of aromatic nitrogens is 1. The van der Waals surface area contributed by atoms with E-state index in [0.717, 1.165) is 7.11 Å². The fourth-order valence-corrected chi connectivity index (χ4v) is 1.82. The maximum Gasteiger partial charge on any atom is 0.417 e. The molecule has 0 aromatic carbocycles. The molecule has 0 spiro atoms. The molecule has 0 radical (unpaired) electrons. The van der Waals surface area contributed by atoms with Crippen LogP contribution in [0.4, 0.5) is 13.2 Å². The number of rotatable bonds is 5. The van der Waals surface area contributed by atoms with Crippen molar-refractivity contribution in [2.45, 2.75) is 19.3 Å². The molecule has 0 aliphatic heterocycles. The molecule has 2 aromatic rings. The van der Waals surface area contributed by atoms with Crippen LogP contribution in [0.25, 0.3) is 0 Å². The van der Waals surface area contributed by atoms with Crippen LogP contribution in [0.2, 0.25) is 0 Å². The Hall–Kier alpha value is -3.04. The van der Waals surface area contributed by atoms with E-state index in [9.17, 15) is 27.6 Å². The second kappa shape index (κ2) is 7.24. The number of hydrogen-bond acceptors (Lipinski definition) is 6. The first-order valence-corrected chi connectivity index (χ1v) is 6.81. The van der Waals surface area contributed by atoms with Crippen molar-refractivity contribution in [3.63, 3.8) is 0 Å². The SMILES string of the molecule is COC(=O)c1ccc(COC(=O)Cn2cc(C(F)(F)F)ccc2=O)o1. The van der Waals surface area contributed by atoms with Gasteiger partial charge in [0.25, 0.3) is 5.56 Å². The molecule has 134 valence electrons. The molecule has 10 heteroatoms. The topological polar surface area (TPSA) is 87.7 Å². The van der Waals surface area contributed by atoms with Crippen LogP contribution < -0.4 is 5.56 Å². The van der Waals surface area contributed by atoms with E-state index in [1.807, 2.05) is 0 Å². The monoisotopic (exact) mass is 359 g/mol. The molecule has 0 saturated carbocycles. The molecule has 0 saturated heterocycles. The third kappa shape index (κ3) is 4.72.